The first-order valence-corrected chi connectivity index (χ1v) is 6.25. The molecule has 0 radical (unpaired) electrons. The minimum atomic E-state index is 0.486. The van der Waals surface area contributed by atoms with Gasteiger partial charge in [0.15, 0.2) is 0 Å². The lowest BCUT2D eigenvalue weighted by atomic mass is 10.2. The van der Waals surface area contributed by atoms with Gasteiger partial charge in [0.1, 0.15) is 11.9 Å². The molecule has 0 saturated heterocycles. The molecule has 6 heteroatoms. The lowest BCUT2D eigenvalue weighted by Gasteiger charge is -2.18. The van der Waals surface area contributed by atoms with Crippen LogP contribution >= 0.6 is 11.3 Å². The third kappa shape index (κ3) is 2.41. The van der Waals surface area contributed by atoms with E-state index in [1.165, 1.54) is 4.88 Å². The van der Waals surface area contributed by atoms with Crippen LogP contribution in [0.5, 0.6) is 0 Å². The molecule has 5 nitrogen and oxygen atoms in total. The summed E-state index contributed by atoms with van der Waals surface area (Å²) < 4.78 is 0. The molecule has 0 aliphatic rings. The molecule has 2 N–H and O–H groups in total. The van der Waals surface area contributed by atoms with E-state index in [2.05, 4.69) is 16.0 Å². The summed E-state index contributed by atoms with van der Waals surface area (Å²) in [5, 5.41) is 9.09. The lowest BCUT2D eigenvalue weighted by Crippen LogP contribution is -2.19. The molecule has 0 saturated carbocycles. The number of hydrogen-bond acceptors (Lipinski definition) is 6. The average molecular weight is 259 g/mol. The van der Waals surface area contributed by atoms with Gasteiger partial charge in [-0.25, -0.2) is 9.97 Å². The minimum absolute atomic E-state index is 0.486. The largest absolute Gasteiger partial charge is 0.397 e. The molecule has 0 amide bonds. The number of pyridine rings is 1. The summed E-state index contributed by atoms with van der Waals surface area (Å²) in [4.78, 5) is 11.5. The number of nitrogens with two attached hydrogens (primary N) is 1. The maximum absolute atomic E-state index is 9.09. The van der Waals surface area contributed by atoms with Crippen molar-refractivity contribution >= 4 is 22.8 Å². The normalized spacial score (nSPS) is 10.1. The monoisotopic (exact) mass is 259 g/mol. The summed E-state index contributed by atoms with van der Waals surface area (Å²) in [5.74, 6) is 0.638. The maximum Gasteiger partial charge on any atom is 0.146 e. The number of rotatable bonds is 3. The van der Waals surface area contributed by atoms with Crippen molar-refractivity contribution in [2.24, 2.45) is 0 Å². The number of aryl methyl sites for hydroxylation is 1. The van der Waals surface area contributed by atoms with Crippen LogP contribution in [0, 0.1) is 18.3 Å². The van der Waals surface area contributed by atoms with E-state index in [0.717, 1.165) is 5.69 Å². The highest BCUT2D eigenvalue weighted by atomic mass is 32.1. The van der Waals surface area contributed by atoms with Crippen LogP contribution in [0.4, 0.5) is 11.5 Å². The zero-order valence-corrected chi connectivity index (χ0v) is 11.0. The Kier molecular flexibility index (Phi) is 3.44. The van der Waals surface area contributed by atoms with Gasteiger partial charge in [-0.1, -0.05) is 0 Å². The topological polar surface area (TPSA) is 78.8 Å². The molecule has 0 bridgehead atoms. The Labute approximate surface area is 110 Å². The van der Waals surface area contributed by atoms with E-state index < -0.39 is 0 Å². The third-order valence-corrected chi connectivity index (χ3v) is 3.52. The predicted octanol–water partition coefficient (Wildman–Crippen LogP) is 1.94. The molecule has 2 rings (SSSR count). The molecule has 0 aliphatic carbocycles. The highest BCUT2D eigenvalue weighted by molar-refractivity contribution is 7.09. The fourth-order valence-electron chi connectivity index (χ4n) is 1.63. The van der Waals surface area contributed by atoms with E-state index in [-0.39, 0.29) is 0 Å². The Balaban J connectivity index is 2.27. The lowest BCUT2D eigenvalue weighted by molar-refractivity contribution is 0.899. The maximum atomic E-state index is 9.09. The van der Waals surface area contributed by atoms with Crippen molar-refractivity contribution < 1.29 is 0 Å². The van der Waals surface area contributed by atoms with Crippen molar-refractivity contribution in [3.05, 3.63) is 33.9 Å². The number of nitrogens with zero attached hydrogens (tertiary/aromatic N) is 4. The van der Waals surface area contributed by atoms with Crippen molar-refractivity contribution in [1.29, 1.82) is 5.26 Å². The van der Waals surface area contributed by atoms with Gasteiger partial charge in [-0.3, -0.25) is 0 Å². The Hall–Kier alpha value is -2.13. The zero-order chi connectivity index (χ0) is 13.1. The number of anilines is 2. The van der Waals surface area contributed by atoms with Gasteiger partial charge in [0.25, 0.3) is 0 Å². The van der Waals surface area contributed by atoms with Crippen molar-refractivity contribution in [1.82, 2.24) is 9.97 Å². The Morgan fingerprint density at radius 1 is 1.50 bits per heavy atom. The highest BCUT2D eigenvalue weighted by Crippen LogP contribution is 2.22. The molecule has 0 spiro atoms. The first kappa shape index (κ1) is 12.3. The molecule has 0 unspecified atom stereocenters. The van der Waals surface area contributed by atoms with E-state index in [1.54, 1.807) is 23.6 Å². The fourth-order valence-corrected chi connectivity index (χ4v) is 2.46. The van der Waals surface area contributed by atoms with Gasteiger partial charge in [0.2, 0.25) is 0 Å². The molecular weight excluding hydrogens is 246 g/mol. The summed E-state index contributed by atoms with van der Waals surface area (Å²) in [7, 11) is 1.90. The van der Waals surface area contributed by atoms with Crippen molar-refractivity contribution in [3.63, 3.8) is 0 Å². The summed E-state index contributed by atoms with van der Waals surface area (Å²) in [6, 6.07) is 3.75. The molecule has 92 valence electrons. The first-order valence-electron chi connectivity index (χ1n) is 5.37. The predicted molar refractivity (Wildman–Crippen MR) is 72.3 cm³/mol. The summed E-state index contributed by atoms with van der Waals surface area (Å²) in [6.07, 6.45) is 1.56. The second-order valence-electron chi connectivity index (χ2n) is 3.97. The van der Waals surface area contributed by atoms with E-state index >= 15 is 0 Å². The molecule has 18 heavy (non-hydrogen) atoms. The van der Waals surface area contributed by atoms with Crippen molar-refractivity contribution in [2.75, 3.05) is 17.7 Å². The SMILES string of the molecule is Cc1ncsc1CN(C)c1ncc(N)cc1C#N. The van der Waals surface area contributed by atoms with E-state index in [1.807, 2.05) is 24.4 Å². The number of thiazole rings is 1. The third-order valence-electron chi connectivity index (χ3n) is 2.60. The zero-order valence-electron chi connectivity index (χ0n) is 10.2. The number of nitrogen functional groups attached to an aromatic ring is 1. The van der Waals surface area contributed by atoms with Gasteiger partial charge in [0, 0.05) is 11.9 Å². The van der Waals surface area contributed by atoms with Gasteiger partial charge in [0.05, 0.1) is 35.2 Å². The average Bonchev–Trinajstić information content (AvgIpc) is 2.74. The summed E-state index contributed by atoms with van der Waals surface area (Å²) in [5.41, 5.74) is 9.44. The molecule has 2 aromatic heterocycles. The van der Waals surface area contributed by atoms with Crippen LogP contribution in [0.25, 0.3) is 0 Å². The minimum Gasteiger partial charge on any atom is -0.397 e. The molecule has 0 fully saturated rings. The fraction of sp³-hybridized carbons (Fsp3) is 0.250. The number of aromatic nitrogens is 2. The van der Waals surface area contributed by atoms with Gasteiger partial charge in [-0.15, -0.1) is 11.3 Å². The molecule has 2 heterocycles. The van der Waals surface area contributed by atoms with Crippen LogP contribution in [-0.4, -0.2) is 17.0 Å². The van der Waals surface area contributed by atoms with Crippen LogP contribution < -0.4 is 10.6 Å². The van der Waals surface area contributed by atoms with Crippen LogP contribution in [0.3, 0.4) is 0 Å². The quantitative estimate of drug-likeness (QED) is 0.911. The van der Waals surface area contributed by atoms with Crippen LogP contribution in [0.1, 0.15) is 16.1 Å². The highest BCUT2D eigenvalue weighted by Gasteiger charge is 2.12. The Bertz CT molecular complexity index is 599. The Morgan fingerprint density at radius 3 is 2.89 bits per heavy atom. The van der Waals surface area contributed by atoms with Crippen LogP contribution in [-0.2, 0) is 6.54 Å². The second-order valence-corrected chi connectivity index (χ2v) is 4.91. The standard InChI is InChI=1S/C12H13N5S/c1-8-11(18-7-16-8)6-17(2)12-9(4-13)3-10(14)5-15-12/h3,5,7H,6,14H2,1-2H3. The Morgan fingerprint density at radius 2 is 2.28 bits per heavy atom. The smallest absolute Gasteiger partial charge is 0.146 e. The van der Waals surface area contributed by atoms with Gasteiger partial charge in [-0.2, -0.15) is 5.26 Å². The van der Waals surface area contributed by atoms with Crippen LogP contribution in [0.2, 0.25) is 0 Å². The molecule has 0 aliphatic heterocycles. The molecule has 0 atom stereocenters. The second kappa shape index (κ2) is 5.02. The van der Waals surface area contributed by atoms with Crippen LogP contribution in [0.15, 0.2) is 17.8 Å². The van der Waals surface area contributed by atoms with E-state index in [4.69, 9.17) is 11.0 Å². The van der Waals surface area contributed by atoms with E-state index in [0.29, 0.717) is 23.6 Å². The van der Waals surface area contributed by atoms with Gasteiger partial charge in [-0.05, 0) is 13.0 Å². The number of hydrogen-bond donors (Lipinski definition) is 1. The van der Waals surface area contributed by atoms with Crippen molar-refractivity contribution in [3.8, 4) is 6.07 Å². The van der Waals surface area contributed by atoms with Gasteiger partial charge < -0.3 is 10.6 Å². The summed E-state index contributed by atoms with van der Waals surface area (Å²) >= 11 is 1.60. The molecule has 0 aromatic carbocycles. The number of nitriles is 1. The van der Waals surface area contributed by atoms with Gasteiger partial charge >= 0.3 is 0 Å². The first-order chi connectivity index (χ1) is 8.61. The van der Waals surface area contributed by atoms with E-state index in [9.17, 15) is 0 Å². The molecule has 2 aromatic rings. The van der Waals surface area contributed by atoms with Crippen molar-refractivity contribution in [2.45, 2.75) is 13.5 Å². The molecular formula is C12H13N5S. The summed E-state index contributed by atoms with van der Waals surface area (Å²) in [6.45, 7) is 2.66.